The van der Waals surface area contributed by atoms with Gasteiger partial charge in [0.05, 0.1) is 15.0 Å². The minimum Gasteiger partial charge on any atom is -0.410 e. The van der Waals surface area contributed by atoms with E-state index in [1.54, 1.807) is 36.4 Å². The molecule has 0 aliphatic heterocycles. The molecule has 3 rings (SSSR count). The predicted molar refractivity (Wildman–Crippen MR) is 96.9 cm³/mol. The first-order valence-corrected chi connectivity index (χ1v) is 9.11. The number of nitrogens with one attached hydrogen (secondary N) is 1. The molecule has 0 atom stereocenters. The number of primary amides is 1. The van der Waals surface area contributed by atoms with E-state index in [1.165, 1.54) is 11.3 Å². The van der Waals surface area contributed by atoms with Gasteiger partial charge in [0.15, 0.2) is 0 Å². The molecule has 2 amide bonds. The fraction of sp³-hybridized carbons (Fsp3) is 0.0667. The van der Waals surface area contributed by atoms with Gasteiger partial charge in [-0.15, -0.1) is 21.5 Å². The number of thiophene rings is 1. The summed E-state index contributed by atoms with van der Waals surface area (Å²) < 4.78 is 6.12. The third kappa shape index (κ3) is 4.59. The lowest BCUT2D eigenvalue weighted by atomic mass is 10.2. The van der Waals surface area contributed by atoms with Gasteiger partial charge >= 0.3 is 0 Å². The summed E-state index contributed by atoms with van der Waals surface area (Å²) in [4.78, 5) is 23.7. The summed E-state index contributed by atoms with van der Waals surface area (Å²) in [5.41, 5.74) is 6.10. The maximum Gasteiger partial charge on any atom is 0.277 e. The summed E-state index contributed by atoms with van der Waals surface area (Å²) in [6, 6.07) is 9.83. The number of amides is 2. The van der Waals surface area contributed by atoms with E-state index in [2.05, 4.69) is 15.5 Å². The number of aromatic nitrogens is 2. The highest BCUT2D eigenvalue weighted by molar-refractivity contribution is 7.99. The van der Waals surface area contributed by atoms with Crippen molar-refractivity contribution in [3.05, 3.63) is 46.3 Å². The molecule has 2 heterocycles. The van der Waals surface area contributed by atoms with Crippen molar-refractivity contribution < 1.29 is 14.0 Å². The van der Waals surface area contributed by atoms with Crippen molar-refractivity contribution >= 4 is 52.2 Å². The summed E-state index contributed by atoms with van der Waals surface area (Å²) in [7, 11) is 0. The molecule has 3 N–H and O–H groups in total. The normalized spacial score (nSPS) is 10.6. The Labute approximate surface area is 155 Å². The molecule has 0 unspecified atom stereocenters. The number of rotatable bonds is 6. The summed E-state index contributed by atoms with van der Waals surface area (Å²) in [5, 5.41) is 10.8. The minimum absolute atomic E-state index is 0.102. The molecule has 25 heavy (non-hydrogen) atoms. The second-order valence-corrected chi connectivity index (χ2v) is 7.40. The molecule has 128 valence electrons. The van der Waals surface area contributed by atoms with E-state index in [1.807, 2.05) is 0 Å². The quantitative estimate of drug-likeness (QED) is 0.620. The van der Waals surface area contributed by atoms with Crippen molar-refractivity contribution in [3.63, 3.8) is 0 Å². The van der Waals surface area contributed by atoms with Crippen LogP contribution < -0.4 is 11.1 Å². The maximum absolute atomic E-state index is 12.0. The van der Waals surface area contributed by atoms with E-state index in [4.69, 9.17) is 21.8 Å². The average Bonchev–Trinajstić information content (AvgIpc) is 3.22. The highest BCUT2D eigenvalue weighted by atomic mass is 35.5. The van der Waals surface area contributed by atoms with Crippen LogP contribution in [0.15, 0.2) is 46.0 Å². The molecule has 0 saturated carbocycles. The van der Waals surface area contributed by atoms with E-state index in [0.717, 1.165) is 16.6 Å². The molecule has 0 spiro atoms. The SMILES string of the molecule is NC(=O)c1ccc(NC(=O)CSc2nnc(-c3ccc(Cl)s3)o2)cc1. The van der Waals surface area contributed by atoms with Gasteiger partial charge in [-0.25, -0.2) is 0 Å². The van der Waals surface area contributed by atoms with E-state index in [9.17, 15) is 9.59 Å². The highest BCUT2D eigenvalue weighted by Crippen LogP contribution is 2.31. The first kappa shape index (κ1) is 17.5. The smallest absolute Gasteiger partial charge is 0.277 e. The second-order valence-electron chi connectivity index (χ2n) is 4.76. The Morgan fingerprint density at radius 2 is 1.96 bits per heavy atom. The van der Waals surface area contributed by atoms with Gasteiger partial charge in [0.25, 0.3) is 11.1 Å². The van der Waals surface area contributed by atoms with E-state index < -0.39 is 5.91 Å². The van der Waals surface area contributed by atoms with Crippen LogP contribution in [0.2, 0.25) is 4.34 Å². The van der Waals surface area contributed by atoms with E-state index in [-0.39, 0.29) is 11.7 Å². The summed E-state index contributed by atoms with van der Waals surface area (Å²) >= 11 is 8.32. The van der Waals surface area contributed by atoms with Gasteiger partial charge < -0.3 is 15.5 Å². The summed E-state index contributed by atoms with van der Waals surface area (Å²) in [6.07, 6.45) is 0. The summed E-state index contributed by atoms with van der Waals surface area (Å²) in [6.45, 7) is 0. The lowest BCUT2D eigenvalue weighted by Gasteiger charge is -2.04. The number of hydrogen-bond acceptors (Lipinski definition) is 7. The van der Waals surface area contributed by atoms with Crippen LogP contribution in [-0.4, -0.2) is 27.8 Å². The fourth-order valence-corrected chi connectivity index (χ4v) is 3.37. The lowest BCUT2D eigenvalue weighted by Crippen LogP contribution is -2.15. The van der Waals surface area contributed by atoms with Crippen molar-refractivity contribution in [1.29, 1.82) is 0 Å². The number of nitrogens with two attached hydrogens (primary N) is 1. The fourth-order valence-electron chi connectivity index (χ4n) is 1.84. The Bertz CT molecular complexity index is 908. The molecule has 0 bridgehead atoms. The van der Waals surface area contributed by atoms with Gasteiger partial charge in [-0.3, -0.25) is 9.59 Å². The third-order valence-electron chi connectivity index (χ3n) is 2.97. The Kier molecular flexibility index (Phi) is 5.37. The molecule has 3 aromatic rings. The first-order valence-electron chi connectivity index (χ1n) is 6.93. The molecule has 0 aliphatic carbocycles. The van der Waals surface area contributed by atoms with Crippen LogP contribution >= 0.6 is 34.7 Å². The van der Waals surface area contributed by atoms with Crippen molar-refractivity contribution in [2.75, 3.05) is 11.1 Å². The molecule has 0 saturated heterocycles. The van der Waals surface area contributed by atoms with Gasteiger partial charge in [-0.1, -0.05) is 23.4 Å². The van der Waals surface area contributed by atoms with Crippen LogP contribution in [0.3, 0.4) is 0 Å². The molecule has 0 aliphatic rings. The number of carbonyl (C=O) groups is 2. The van der Waals surface area contributed by atoms with E-state index in [0.29, 0.717) is 26.7 Å². The number of hydrogen-bond donors (Lipinski definition) is 2. The predicted octanol–water partition coefficient (Wildman–Crippen LogP) is 3.28. The molecule has 10 heteroatoms. The van der Waals surface area contributed by atoms with Crippen LogP contribution in [-0.2, 0) is 4.79 Å². The number of carbonyl (C=O) groups excluding carboxylic acids is 2. The van der Waals surface area contributed by atoms with E-state index >= 15 is 0 Å². The Balaban J connectivity index is 1.54. The first-order chi connectivity index (χ1) is 12.0. The monoisotopic (exact) mass is 394 g/mol. The molecule has 0 fully saturated rings. The van der Waals surface area contributed by atoms with Crippen molar-refractivity contribution in [2.45, 2.75) is 5.22 Å². The number of nitrogens with zero attached hydrogens (tertiary/aromatic N) is 2. The summed E-state index contributed by atoms with van der Waals surface area (Å²) in [5.74, 6) is -0.296. The van der Waals surface area contributed by atoms with Crippen LogP contribution in [0.5, 0.6) is 0 Å². The van der Waals surface area contributed by atoms with Crippen molar-refractivity contribution in [3.8, 4) is 10.8 Å². The number of halogens is 1. The van der Waals surface area contributed by atoms with Gasteiger partial charge in [-0.05, 0) is 36.4 Å². The van der Waals surface area contributed by atoms with Gasteiger partial charge in [0, 0.05) is 11.3 Å². The topological polar surface area (TPSA) is 111 Å². The molecular formula is C15H11ClN4O3S2. The molecular weight excluding hydrogens is 384 g/mol. The number of thioether (sulfide) groups is 1. The zero-order valence-electron chi connectivity index (χ0n) is 12.6. The van der Waals surface area contributed by atoms with Gasteiger partial charge in [-0.2, -0.15) is 0 Å². The molecule has 7 nitrogen and oxygen atoms in total. The Morgan fingerprint density at radius 3 is 2.60 bits per heavy atom. The lowest BCUT2D eigenvalue weighted by molar-refractivity contribution is -0.113. The number of benzene rings is 1. The molecule has 0 radical (unpaired) electrons. The van der Waals surface area contributed by atoms with Crippen LogP contribution in [0.4, 0.5) is 5.69 Å². The maximum atomic E-state index is 12.0. The zero-order valence-corrected chi connectivity index (χ0v) is 15.0. The number of anilines is 1. The average molecular weight is 395 g/mol. The third-order valence-corrected chi connectivity index (χ3v) is 5.01. The highest BCUT2D eigenvalue weighted by Gasteiger charge is 2.13. The van der Waals surface area contributed by atoms with Gasteiger partial charge in [0.1, 0.15) is 0 Å². The van der Waals surface area contributed by atoms with Crippen LogP contribution in [0, 0.1) is 0 Å². The van der Waals surface area contributed by atoms with Gasteiger partial charge in [0.2, 0.25) is 11.8 Å². The van der Waals surface area contributed by atoms with Crippen molar-refractivity contribution in [2.24, 2.45) is 5.73 Å². The van der Waals surface area contributed by atoms with Crippen LogP contribution in [0.25, 0.3) is 10.8 Å². The zero-order chi connectivity index (χ0) is 17.8. The van der Waals surface area contributed by atoms with Crippen molar-refractivity contribution in [1.82, 2.24) is 10.2 Å². The second kappa shape index (κ2) is 7.68. The Hall–Kier alpha value is -2.36. The Morgan fingerprint density at radius 1 is 1.20 bits per heavy atom. The molecule has 2 aromatic heterocycles. The molecule has 1 aromatic carbocycles. The minimum atomic E-state index is -0.521. The van der Waals surface area contributed by atoms with Crippen LogP contribution in [0.1, 0.15) is 10.4 Å². The standard InChI is InChI=1S/C15H11ClN4O3S2/c16-11-6-5-10(25-11)14-19-20-15(23-14)24-7-12(21)18-9-3-1-8(2-4-9)13(17)22/h1-6H,7H2,(H2,17,22)(H,18,21). The largest absolute Gasteiger partial charge is 0.410 e.